The second-order valence-electron chi connectivity index (χ2n) is 6.24. The van der Waals surface area contributed by atoms with Crippen LogP contribution in [-0.4, -0.2) is 17.3 Å². The molecule has 0 unspecified atom stereocenters. The Kier molecular flexibility index (Phi) is 7.58. The molecule has 0 radical (unpaired) electrons. The van der Waals surface area contributed by atoms with Crippen molar-refractivity contribution in [2.45, 2.75) is 45.8 Å². The monoisotopic (exact) mass is 336 g/mol. The maximum atomic E-state index is 11.0. The first-order valence-corrected chi connectivity index (χ1v) is 8.95. The van der Waals surface area contributed by atoms with Crippen molar-refractivity contribution in [1.82, 2.24) is 10.4 Å². The van der Waals surface area contributed by atoms with E-state index in [9.17, 15) is 4.79 Å². The zero-order valence-electron chi connectivity index (χ0n) is 15.2. The van der Waals surface area contributed by atoms with Gasteiger partial charge in [0.15, 0.2) is 0 Å². The van der Waals surface area contributed by atoms with E-state index in [0.717, 1.165) is 48.9 Å². The molecule has 25 heavy (non-hydrogen) atoms. The SMILES string of the molecule is C=Cc1ccc(CNN(Cc2cccc(C=O)c2)C(CC)CC)cc1. The molecule has 2 rings (SSSR count). The van der Waals surface area contributed by atoms with E-state index in [0.29, 0.717) is 6.04 Å². The van der Waals surface area contributed by atoms with Gasteiger partial charge < -0.3 is 0 Å². The van der Waals surface area contributed by atoms with E-state index in [-0.39, 0.29) is 0 Å². The highest BCUT2D eigenvalue weighted by molar-refractivity contribution is 5.74. The number of hydrogen-bond donors (Lipinski definition) is 1. The number of hydrogen-bond acceptors (Lipinski definition) is 3. The van der Waals surface area contributed by atoms with Crippen molar-refractivity contribution in [3.63, 3.8) is 0 Å². The van der Waals surface area contributed by atoms with E-state index in [1.165, 1.54) is 5.56 Å². The summed E-state index contributed by atoms with van der Waals surface area (Å²) in [6, 6.07) is 16.7. The highest BCUT2D eigenvalue weighted by Gasteiger charge is 2.15. The van der Waals surface area contributed by atoms with Gasteiger partial charge in [0, 0.05) is 24.7 Å². The van der Waals surface area contributed by atoms with Crippen LogP contribution < -0.4 is 5.43 Å². The predicted molar refractivity (Wildman–Crippen MR) is 105 cm³/mol. The lowest BCUT2D eigenvalue weighted by molar-refractivity contribution is 0.103. The maximum Gasteiger partial charge on any atom is 0.150 e. The Balaban J connectivity index is 2.08. The number of benzene rings is 2. The van der Waals surface area contributed by atoms with Crippen molar-refractivity contribution in [3.05, 3.63) is 77.4 Å². The van der Waals surface area contributed by atoms with Gasteiger partial charge in [-0.3, -0.25) is 10.2 Å². The Morgan fingerprint density at radius 3 is 2.36 bits per heavy atom. The first-order valence-electron chi connectivity index (χ1n) is 8.95. The van der Waals surface area contributed by atoms with E-state index in [1.54, 1.807) is 0 Å². The summed E-state index contributed by atoms with van der Waals surface area (Å²) in [4.78, 5) is 11.0. The van der Waals surface area contributed by atoms with Gasteiger partial charge in [0.2, 0.25) is 0 Å². The molecule has 132 valence electrons. The Morgan fingerprint density at radius 1 is 1.04 bits per heavy atom. The maximum absolute atomic E-state index is 11.0. The zero-order valence-corrected chi connectivity index (χ0v) is 15.2. The van der Waals surface area contributed by atoms with Gasteiger partial charge >= 0.3 is 0 Å². The highest BCUT2D eigenvalue weighted by atomic mass is 16.1. The molecular formula is C22H28N2O. The van der Waals surface area contributed by atoms with Crippen molar-refractivity contribution in [2.75, 3.05) is 0 Å². The first kappa shape index (κ1) is 19.1. The van der Waals surface area contributed by atoms with E-state index in [4.69, 9.17) is 0 Å². The minimum atomic E-state index is 0.451. The average molecular weight is 336 g/mol. The largest absolute Gasteiger partial charge is 0.298 e. The summed E-state index contributed by atoms with van der Waals surface area (Å²) >= 11 is 0. The van der Waals surface area contributed by atoms with Crippen LogP contribution in [0.4, 0.5) is 0 Å². The lowest BCUT2D eigenvalue weighted by Gasteiger charge is -2.31. The molecule has 0 aliphatic heterocycles. The van der Waals surface area contributed by atoms with Gasteiger partial charge in [0.1, 0.15) is 6.29 Å². The van der Waals surface area contributed by atoms with Crippen LogP contribution in [0.15, 0.2) is 55.1 Å². The predicted octanol–water partition coefficient (Wildman–Crippen LogP) is 4.84. The number of rotatable bonds is 10. The third-order valence-electron chi connectivity index (χ3n) is 4.53. The van der Waals surface area contributed by atoms with Crippen molar-refractivity contribution >= 4 is 12.4 Å². The third kappa shape index (κ3) is 5.66. The van der Waals surface area contributed by atoms with Crippen LogP contribution in [0.1, 0.15) is 53.7 Å². The van der Waals surface area contributed by atoms with Gasteiger partial charge in [0.25, 0.3) is 0 Å². The summed E-state index contributed by atoms with van der Waals surface area (Å²) in [6.45, 7) is 9.77. The molecule has 0 spiro atoms. The standard InChI is InChI=1S/C22H28N2O/c1-4-18-10-12-19(13-11-18)15-23-24(22(5-2)6-3)16-20-8-7-9-21(14-20)17-25/h4,7-14,17,22-23H,1,5-6,15-16H2,2-3H3. The molecule has 0 aromatic heterocycles. The van der Waals surface area contributed by atoms with Gasteiger partial charge in [-0.2, -0.15) is 0 Å². The normalized spacial score (nSPS) is 11.0. The smallest absolute Gasteiger partial charge is 0.150 e. The average Bonchev–Trinajstić information content (AvgIpc) is 2.67. The van der Waals surface area contributed by atoms with Gasteiger partial charge in [-0.05, 0) is 35.6 Å². The Hall–Kier alpha value is -2.23. The number of carbonyl (C=O) groups excluding carboxylic acids is 1. The molecule has 0 atom stereocenters. The molecular weight excluding hydrogens is 308 g/mol. The highest BCUT2D eigenvalue weighted by Crippen LogP contribution is 2.14. The molecule has 2 aromatic carbocycles. The number of hydrazine groups is 1. The molecule has 0 saturated carbocycles. The summed E-state index contributed by atoms with van der Waals surface area (Å²) in [6.07, 6.45) is 4.91. The second kappa shape index (κ2) is 9.92. The molecule has 0 fully saturated rings. The summed E-state index contributed by atoms with van der Waals surface area (Å²) in [5, 5.41) is 2.30. The molecule has 1 N–H and O–H groups in total. The fourth-order valence-electron chi connectivity index (χ4n) is 2.97. The summed E-state index contributed by atoms with van der Waals surface area (Å²) in [5.41, 5.74) is 7.82. The molecule has 0 bridgehead atoms. The van der Waals surface area contributed by atoms with Crippen molar-refractivity contribution < 1.29 is 4.79 Å². The number of nitrogens with zero attached hydrogens (tertiary/aromatic N) is 1. The van der Waals surface area contributed by atoms with Crippen LogP contribution in [0.3, 0.4) is 0 Å². The van der Waals surface area contributed by atoms with Crippen LogP contribution in [0.5, 0.6) is 0 Å². The first-order chi connectivity index (χ1) is 12.2. The van der Waals surface area contributed by atoms with E-state index < -0.39 is 0 Å². The summed E-state index contributed by atoms with van der Waals surface area (Å²) in [7, 11) is 0. The van der Waals surface area contributed by atoms with E-state index in [1.807, 2.05) is 24.3 Å². The third-order valence-corrected chi connectivity index (χ3v) is 4.53. The number of nitrogens with one attached hydrogen (secondary N) is 1. The lowest BCUT2D eigenvalue weighted by atomic mass is 10.1. The van der Waals surface area contributed by atoms with Crippen LogP contribution in [0.25, 0.3) is 6.08 Å². The van der Waals surface area contributed by atoms with Crippen molar-refractivity contribution in [1.29, 1.82) is 0 Å². The van der Waals surface area contributed by atoms with Gasteiger partial charge in [-0.15, -0.1) is 0 Å². The topological polar surface area (TPSA) is 32.3 Å². The molecule has 2 aromatic rings. The number of aldehydes is 1. The van der Waals surface area contributed by atoms with E-state index >= 15 is 0 Å². The summed E-state index contributed by atoms with van der Waals surface area (Å²) < 4.78 is 0. The lowest BCUT2D eigenvalue weighted by Crippen LogP contribution is -2.44. The molecule has 0 amide bonds. The zero-order chi connectivity index (χ0) is 18.1. The molecule has 0 saturated heterocycles. The Bertz CT molecular complexity index is 675. The molecule has 0 heterocycles. The van der Waals surface area contributed by atoms with Crippen LogP contribution in [0.2, 0.25) is 0 Å². The number of carbonyl (C=O) groups is 1. The minimum absolute atomic E-state index is 0.451. The fraction of sp³-hybridized carbons (Fsp3) is 0.318. The molecule has 3 heteroatoms. The van der Waals surface area contributed by atoms with Crippen molar-refractivity contribution in [3.8, 4) is 0 Å². The Labute approximate surface area is 151 Å². The molecule has 3 nitrogen and oxygen atoms in total. The van der Waals surface area contributed by atoms with Crippen LogP contribution in [-0.2, 0) is 13.1 Å². The fourth-order valence-corrected chi connectivity index (χ4v) is 2.97. The Morgan fingerprint density at radius 2 is 1.76 bits per heavy atom. The van der Waals surface area contributed by atoms with Gasteiger partial charge in [-0.1, -0.05) is 69.0 Å². The van der Waals surface area contributed by atoms with Crippen molar-refractivity contribution in [2.24, 2.45) is 0 Å². The molecule has 0 aliphatic carbocycles. The second-order valence-corrected chi connectivity index (χ2v) is 6.24. The van der Waals surface area contributed by atoms with Gasteiger partial charge in [0.05, 0.1) is 0 Å². The van der Waals surface area contributed by atoms with E-state index in [2.05, 4.69) is 61.2 Å². The molecule has 0 aliphatic rings. The quantitative estimate of drug-likeness (QED) is 0.498. The van der Waals surface area contributed by atoms with Gasteiger partial charge in [-0.25, -0.2) is 5.01 Å². The van der Waals surface area contributed by atoms with Crippen LogP contribution in [0, 0.1) is 0 Å². The summed E-state index contributed by atoms with van der Waals surface area (Å²) in [5.74, 6) is 0. The van der Waals surface area contributed by atoms with Crippen LogP contribution >= 0.6 is 0 Å². The minimum Gasteiger partial charge on any atom is -0.298 e.